The molecule has 1 aromatic carbocycles. The summed E-state index contributed by atoms with van der Waals surface area (Å²) in [6.45, 7) is 0. The minimum atomic E-state index is -1.04. The van der Waals surface area contributed by atoms with E-state index in [0.717, 1.165) is 16.5 Å². The minimum Gasteiger partial charge on any atom is -0.495 e. The highest BCUT2D eigenvalue weighted by Gasteiger charge is 2.16. The molecule has 0 fully saturated rings. The molecule has 20 heavy (non-hydrogen) atoms. The molecule has 102 valence electrons. The van der Waals surface area contributed by atoms with Crippen LogP contribution in [0.2, 0.25) is 0 Å². The van der Waals surface area contributed by atoms with Gasteiger partial charge in [-0.2, -0.15) is 5.10 Å². The molecule has 6 nitrogen and oxygen atoms in total. The average molecular weight is 271 g/mol. The largest absolute Gasteiger partial charge is 0.495 e. The summed E-state index contributed by atoms with van der Waals surface area (Å²) in [4.78, 5) is 10.9. The number of hydrogen-bond acceptors (Lipinski definition) is 3. The van der Waals surface area contributed by atoms with Crippen LogP contribution >= 0.6 is 0 Å². The van der Waals surface area contributed by atoms with Crippen molar-refractivity contribution in [3.05, 3.63) is 36.2 Å². The number of ether oxygens (including phenoxy) is 1. The van der Waals surface area contributed by atoms with Crippen LogP contribution < -0.4 is 4.74 Å². The summed E-state index contributed by atoms with van der Waals surface area (Å²) < 4.78 is 7.48. The number of nitrogens with one attached hydrogen (secondary N) is 1. The van der Waals surface area contributed by atoms with Gasteiger partial charge >= 0.3 is 5.97 Å². The Labute approximate surface area is 114 Å². The molecule has 0 bridgehead atoms. The van der Waals surface area contributed by atoms with Crippen molar-refractivity contribution in [1.29, 1.82) is 0 Å². The summed E-state index contributed by atoms with van der Waals surface area (Å²) in [6.07, 6.45) is 1.95. The summed E-state index contributed by atoms with van der Waals surface area (Å²) in [5.41, 5.74) is 2.40. The Morgan fingerprint density at radius 1 is 1.40 bits per heavy atom. The zero-order valence-corrected chi connectivity index (χ0v) is 11.0. The Balaban J connectivity index is 2.22. The predicted octanol–water partition coefficient (Wildman–Crippen LogP) is 2.28. The van der Waals surface area contributed by atoms with Crippen LogP contribution in [0.5, 0.6) is 5.75 Å². The van der Waals surface area contributed by atoms with Crippen LogP contribution in [-0.2, 0) is 7.05 Å². The smallest absolute Gasteiger partial charge is 0.353 e. The molecule has 0 aliphatic heterocycles. The predicted molar refractivity (Wildman–Crippen MR) is 74.0 cm³/mol. The summed E-state index contributed by atoms with van der Waals surface area (Å²) >= 11 is 0. The molecule has 0 saturated carbocycles. The molecular weight excluding hydrogens is 258 g/mol. The zero-order chi connectivity index (χ0) is 14.3. The molecule has 2 heterocycles. The molecule has 2 aromatic heterocycles. The fourth-order valence-electron chi connectivity index (χ4n) is 2.32. The van der Waals surface area contributed by atoms with Crippen LogP contribution in [0.4, 0.5) is 0 Å². The monoisotopic (exact) mass is 271 g/mol. The van der Waals surface area contributed by atoms with Crippen molar-refractivity contribution in [2.75, 3.05) is 7.11 Å². The van der Waals surface area contributed by atoms with Crippen molar-refractivity contribution in [1.82, 2.24) is 14.8 Å². The number of benzene rings is 1. The maximum absolute atomic E-state index is 10.9. The molecule has 2 N–H and O–H groups in total. The van der Waals surface area contributed by atoms with Crippen LogP contribution in [0.15, 0.2) is 30.5 Å². The van der Waals surface area contributed by atoms with Gasteiger partial charge in [0.25, 0.3) is 0 Å². The van der Waals surface area contributed by atoms with Crippen molar-refractivity contribution in [2.45, 2.75) is 0 Å². The summed E-state index contributed by atoms with van der Waals surface area (Å²) in [7, 11) is 3.55. The van der Waals surface area contributed by atoms with Gasteiger partial charge in [-0.15, -0.1) is 0 Å². The van der Waals surface area contributed by atoms with Crippen LogP contribution in [0, 0.1) is 0 Å². The number of aromatic amines is 1. The standard InChI is InChI=1S/C14H13N3O3/c1-17-6-5-9-12(17)4-3-8(13(9)20-2)10-7-11(14(18)19)16-15-10/h3-7H,1-2H3,(H,15,16)(H,18,19). The Morgan fingerprint density at radius 2 is 2.20 bits per heavy atom. The molecule has 0 unspecified atom stereocenters. The van der Waals surface area contributed by atoms with Gasteiger partial charge in [-0.05, 0) is 24.3 Å². The highest BCUT2D eigenvalue weighted by Crippen LogP contribution is 2.36. The number of rotatable bonds is 3. The number of methoxy groups -OCH3 is 1. The summed E-state index contributed by atoms with van der Waals surface area (Å²) in [6, 6.07) is 7.29. The summed E-state index contributed by atoms with van der Waals surface area (Å²) in [5.74, 6) is -0.352. The Kier molecular flexibility index (Phi) is 2.71. The molecule has 0 amide bonds. The molecular formula is C14H13N3O3. The van der Waals surface area contributed by atoms with E-state index in [1.165, 1.54) is 6.07 Å². The first-order valence-corrected chi connectivity index (χ1v) is 6.03. The lowest BCUT2D eigenvalue weighted by Gasteiger charge is -2.08. The first kappa shape index (κ1) is 12.3. The number of H-pyrrole nitrogens is 1. The van der Waals surface area contributed by atoms with Crippen LogP contribution in [0.1, 0.15) is 10.5 Å². The van der Waals surface area contributed by atoms with Gasteiger partial charge in [0.15, 0.2) is 0 Å². The van der Waals surface area contributed by atoms with Gasteiger partial charge in [0.05, 0.1) is 18.3 Å². The lowest BCUT2D eigenvalue weighted by molar-refractivity contribution is 0.0690. The second-order valence-electron chi connectivity index (χ2n) is 4.48. The Hall–Kier alpha value is -2.76. The van der Waals surface area contributed by atoms with Gasteiger partial charge in [-0.1, -0.05) is 0 Å². The van der Waals surface area contributed by atoms with Crippen molar-refractivity contribution in [2.24, 2.45) is 7.05 Å². The number of carbonyl (C=O) groups is 1. The maximum Gasteiger partial charge on any atom is 0.353 e. The molecule has 0 atom stereocenters. The Bertz CT molecular complexity index is 801. The van der Waals surface area contributed by atoms with E-state index in [0.29, 0.717) is 11.4 Å². The number of fused-ring (bicyclic) bond motifs is 1. The topological polar surface area (TPSA) is 80.1 Å². The SMILES string of the molecule is COc1c(-c2cc(C(=O)O)[nH]n2)ccc2c1ccn2C. The minimum absolute atomic E-state index is 0.0511. The van der Waals surface area contributed by atoms with Crippen LogP contribution in [-0.4, -0.2) is 33.0 Å². The zero-order valence-electron chi connectivity index (χ0n) is 11.0. The molecule has 3 rings (SSSR count). The van der Waals surface area contributed by atoms with Gasteiger partial charge in [0, 0.05) is 24.2 Å². The first-order chi connectivity index (χ1) is 9.61. The number of hydrogen-bond donors (Lipinski definition) is 2. The molecule has 0 saturated heterocycles. The molecule has 0 spiro atoms. The van der Waals surface area contributed by atoms with Gasteiger partial charge in [0.2, 0.25) is 0 Å². The van der Waals surface area contributed by atoms with E-state index in [9.17, 15) is 4.79 Å². The first-order valence-electron chi connectivity index (χ1n) is 6.03. The van der Waals surface area contributed by atoms with Crippen molar-refractivity contribution in [3.63, 3.8) is 0 Å². The summed E-state index contributed by atoms with van der Waals surface area (Å²) in [5, 5.41) is 16.4. The van der Waals surface area contributed by atoms with E-state index in [2.05, 4.69) is 10.2 Å². The van der Waals surface area contributed by atoms with Gasteiger partial charge in [0.1, 0.15) is 11.4 Å². The van der Waals surface area contributed by atoms with E-state index < -0.39 is 5.97 Å². The van der Waals surface area contributed by atoms with Crippen molar-refractivity contribution < 1.29 is 14.6 Å². The van der Waals surface area contributed by atoms with Crippen molar-refractivity contribution in [3.8, 4) is 17.0 Å². The third-order valence-corrected chi connectivity index (χ3v) is 3.31. The fraction of sp³-hybridized carbons (Fsp3) is 0.143. The van der Waals surface area contributed by atoms with Gasteiger partial charge in [-0.3, -0.25) is 5.10 Å². The fourth-order valence-corrected chi connectivity index (χ4v) is 2.32. The molecule has 6 heteroatoms. The third kappa shape index (κ3) is 1.73. The lowest BCUT2D eigenvalue weighted by atomic mass is 10.1. The van der Waals surface area contributed by atoms with E-state index in [1.54, 1.807) is 7.11 Å². The molecule has 0 aliphatic carbocycles. The van der Waals surface area contributed by atoms with Crippen molar-refractivity contribution >= 4 is 16.9 Å². The van der Waals surface area contributed by atoms with E-state index in [1.807, 2.05) is 36.0 Å². The van der Waals surface area contributed by atoms with E-state index >= 15 is 0 Å². The number of aryl methyl sites for hydroxylation is 1. The number of aromatic carboxylic acids is 1. The normalized spacial score (nSPS) is 10.9. The maximum atomic E-state index is 10.9. The quantitative estimate of drug-likeness (QED) is 0.765. The lowest BCUT2D eigenvalue weighted by Crippen LogP contribution is -1.95. The number of carboxylic acid groups (broad SMARTS) is 1. The molecule has 3 aromatic rings. The number of aromatic nitrogens is 3. The highest BCUT2D eigenvalue weighted by atomic mass is 16.5. The second-order valence-corrected chi connectivity index (χ2v) is 4.48. The molecule has 0 aliphatic rings. The van der Waals surface area contributed by atoms with Crippen LogP contribution in [0.3, 0.4) is 0 Å². The van der Waals surface area contributed by atoms with Crippen LogP contribution in [0.25, 0.3) is 22.2 Å². The Morgan fingerprint density at radius 3 is 2.85 bits per heavy atom. The van der Waals surface area contributed by atoms with Gasteiger partial charge in [-0.25, -0.2) is 4.79 Å². The second kappa shape index (κ2) is 4.41. The average Bonchev–Trinajstić information content (AvgIpc) is 3.05. The van der Waals surface area contributed by atoms with E-state index in [-0.39, 0.29) is 5.69 Å². The highest BCUT2D eigenvalue weighted by molar-refractivity contribution is 5.94. The van der Waals surface area contributed by atoms with Gasteiger partial charge < -0.3 is 14.4 Å². The number of carboxylic acids is 1. The number of nitrogens with zero attached hydrogens (tertiary/aromatic N) is 2. The molecule has 0 radical (unpaired) electrons. The third-order valence-electron chi connectivity index (χ3n) is 3.31. The van der Waals surface area contributed by atoms with E-state index in [4.69, 9.17) is 9.84 Å².